The number of anilines is 1. The zero-order valence-electron chi connectivity index (χ0n) is 8.34. The number of hydrogen-bond acceptors (Lipinski definition) is 5. The molecule has 1 N–H and O–H groups in total. The van der Waals surface area contributed by atoms with Gasteiger partial charge in [-0.05, 0) is 31.9 Å². The van der Waals surface area contributed by atoms with Gasteiger partial charge in [-0.3, -0.25) is 0 Å². The predicted octanol–water partition coefficient (Wildman–Crippen LogP) is 1.18. The summed E-state index contributed by atoms with van der Waals surface area (Å²) in [5, 5.41) is 19.7. The van der Waals surface area contributed by atoms with Crippen LogP contribution in [0.2, 0.25) is 0 Å². The Hall–Kier alpha value is -1.21. The second-order valence-corrected chi connectivity index (χ2v) is 4.62. The Balaban J connectivity index is 2.25. The number of aromatic nitrogens is 1. The molecular formula is C9H10BrN3O3. The van der Waals surface area contributed by atoms with E-state index >= 15 is 0 Å². The van der Waals surface area contributed by atoms with Crippen molar-refractivity contribution in [3.8, 4) is 0 Å². The van der Waals surface area contributed by atoms with Gasteiger partial charge in [-0.1, -0.05) is 0 Å². The van der Waals surface area contributed by atoms with Gasteiger partial charge in [0, 0.05) is 25.6 Å². The fraction of sp³-hybridized carbons (Fsp3) is 0.444. The van der Waals surface area contributed by atoms with Crippen LogP contribution in [0.3, 0.4) is 0 Å². The molecule has 0 amide bonds. The van der Waals surface area contributed by atoms with Crippen LogP contribution < -0.4 is 4.90 Å². The van der Waals surface area contributed by atoms with E-state index in [2.05, 4.69) is 20.9 Å². The minimum atomic E-state index is -0.492. The Labute approximate surface area is 100 Å². The molecule has 0 aliphatic carbocycles. The van der Waals surface area contributed by atoms with Crippen LogP contribution in [0.1, 0.15) is 0 Å². The molecule has 16 heavy (non-hydrogen) atoms. The summed E-state index contributed by atoms with van der Waals surface area (Å²) < 4.78 is 0.709. The molecule has 0 bridgehead atoms. The molecule has 0 radical (unpaired) electrons. The minimum Gasteiger partial charge on any atom is -0.396 e. The molecule has 0 aromatic carbocycles. The van der Waals surface area contributed by atoms with Gasteiger partial charge < -0.3 is 20.1 Å². The average molecular weight is 288 g/mol. The molecule has 2 heterocycles. The summed E-state index contributed by atoms with van der Waals surface area (Å²) in [6.45, 7) is 1.39. The minimum absolute atomic E-state index is 0.117. The molecule has 0 saturated carbocycles. The molecule has 2 rings (SSSR count). The summed E-state index contributed by atoms with van der Waals surface area (Å²) in [7, 11) is 0. The molecule has 86 valence electrons. The quantitative estimate of drug-likeness (QED) is 0.667. The number of rotatable bonds is 3. The first-order chi connectivity index (χ1) is 7.61. The molecule has 1 aromatic rings. The zero-order valence-corrected chi connectivity index (χ0v) is 9.92. The maximum Gasteiger partial charge on any atom is 0.387 e. The van der Waals surface area contributed by atoms with E-state index in [9.17, 15) is 10.1 Å². The van der Waals surface area contributed by atoms with E-state index in [0.29, 0.717) is 23.2 Å². The summed E-state index contributed by atoms with van der Waals surface area (Å²) >= 11 is 3.24. The highest BCUT2D eigenvalue weighted by Gasteiger charge is 2.31. The molecule has 7 heteroatoms. The van der Waals surface area contributed by atoms with E-state index in [-0.39, 0.29) is 18.3 Å². The van der Waals surface area contributed by atoms with Gasteiger partial charge in [-0.2, -0.15) is 0 Å². The highest BCUT2D eigenvalue weighted by Crippen LogP contribution is 2.33. The van der Waals surface area contributed by atoms with Gasteiger partial charge >= 0.3 is 5.82 Å². The van der Waals surface area contributed by atoms with Crippen molar-refractivity contribution in [2.24, 2.45) is 5.92 Å². The van der Waals surface area contributed by atoms with Crippen LogP contribution in [-0.2, 0) is 0 Å². The van der Waals surface area contributed by atoms with Crippen molar-refractivity contribution < 1.29 is 10.0 Å². The van der Waals surface area contributed by atoms with E-state index in [1.807, 2.05) is 4.90 Å². The average Bonchev–Trinajstić information content (AvgIpc) is 2.15. The van der Waals surface area contributed by atoms with Crippen LogP contribution in [0, 0.1) is 16.0 Å². The van der Waals surface area contributed by atoms with Crippen LogP contribution in [-0.4, -0.2) is 34.7 Å². The SMILES string of the molecule is O=[N+]([O-])c1ncc(Br)cc1N1CC(CO)C1. The van der Waals surface area contributed by atoms with Gasteiger partial charge in [0.05, 0.1) is 4.47 Å². The highest BCUT2D eigenvalue weighted by molar-refractivity contribution is 9.10. The summed E-state index contributed by atoms with van der Waals surface area (Å²) in [5.74, 6) is 0.0678. The summed E-state index contributed by atoms with van der Waals surface area (Å²) in [6.07, 6.45) is 1.41. The molecule has 1 aliphatic heterocycles. The third-order valence-electron chi connectivity index (χ3n) is 2.54. The van der Waals surface area contributed by atoms with Crippen molar-refractivity contribution in [3.63, 3.8) is 0 Å². The van der Waals surface area contributed by atoms with Crippen molar-refractivity contribution in [1.82, 2.24) is 4.98 Å². The smallest absolute Gasteiger partial charge is 0.387 e. The molecule has 0 spiro atoms. The van der Waals surface area contributed by atoms with Crippen molar-refractivity contribution in [2.75, 3.05) is 24.6 Å². The Morgan fingerprint density at radius 3 is 2.94 bits per heavy atom. The zero-order chi connectivity index (χ0) is 11.7. The summed E-state index contributed by atoms with van der Waals surface area (Å²) in [6, 6.07) is 1.68. The van der Waals surface area contributed by atoms with Gasteiger partial charge in [-0.15, -0.1) is 0 Å². The van der Waals surface area contributed by atoms with Crippen LogP contribution in [0.25, 0.3) is 0 Å². The number of nitro groups is 1. The highest BCUT2D eigenvalue weighted by atomic mass is 79.9. The lowest BCUT2D eigenvalue weighted by atomic mass is 10.0. The van der Waals surface area contributed by atoms with Crippen LogP contribution >= 0.6 is 15.9 Å². The van der Waals surface area contributed by atoms with Crippen LogP contribution in [0.15, 0.2) is 16.7 Å². The Morgan fingerprint density at radius 2 is 2.38 bits per heavy atom. The Kier molecular flexibility index (Phi) is 3.06. The lowest BCUT2D eigenvalue weighted by molar-refractivity contribution is -0.388. The fourth-order valence-corrected chi connectivity index (χ4v) is 2.00. The van der Waals surface area contributed by atoms with Crippen molar-refractivity contribution in [3.05, 3.63) is 26.9 Å². The van der Waals surface area contributed by atoms with E-state index < -0.39 is 4.92 Å². The molecule has 1 fully saturated rings. The summed E-state index contributed by atoms with van der Waals surface area (Å²) in [4.78, 5) is 15.9. The lowest BCUT2D eigenvalue weighted by Crippen LogP contribution is -2.48. The van der Waals surface area contributed by atoms with Gasteiger partial charge in [0.1, 0.15) is 5.69 Å². The topological polar surface area (TPSA) is 79.5 Å². The second-order valence-electron chi connectivity index (χ2n) is 3.71. The maximum absolute atomic E-state index is 10.8. The lowest BCUT2D eigenvalue weighted by Gasteiger charge is -2.39. The van der Waals surface area contributed by atoms with Gasteiger partial charge in [-0.25, -0.2) is 0 Å². The third-order valence-corrected chi connectivity index (χ3v) is 2.98. The molecule has 6 nitrogen and oxygen atoms in total. The van der Waals surface area contributed by atoms with Crippen molar-refractivity contribution in [1.29, 1.82) is 0 Å². The molecule has 0 unspecified atom stereocenters. The maximum atomic E-state index is 10.8. The number of aliphatic hydroxyl groups is 1. The molecule has 0 atom stereocenters. The van der Waals surface area contributed by atoms with Crippen molar-refractivity contribution >= 4 is 27.4 Å². The normalized spacial score (nSPS) is 16.0. The standard InChI is InChI=1S/C9H10BrN3O3/c10-7-1-8(9(11-2-7)13(15)16)12-3-6(4-12)5-14/h1-2,6,14H,3-5H2. The Bertz CT molecular complexity index is 420. The van der Waals surface area contributed by atoms with E-state index in [0.717, 1.165) is 0 Å². The number of nitrogens with zero attached hydrogens (tertiary/aromatic N) is 3. The van der Waals surface area contributed by atoms with E-state index in [1.165, 1.54) is 6.20 Å². The van der Waals surface area contributed by atoms with E-state index in [1.54, 1.807) is 6.07 Å². The van der Waals surface area contributed by atoms with Gasteiger partial charge in [0.15, 0.2) is 6.20 Å². The molecule has 1 aromatic heterocycles. The first kappa shape index (κ1) is 11.3. The largest absolute Gasteiger partial charge is 0.396 e. The number of pyridine rings is 1. The van der Waals surface area contributed by atoms with Crippen LogP contribution in [0.4, 0.5) is 11.5 Å². The third kappa shape index (κ3) is 2.00. The Morgan fingerprint density at radius 1 is 1.69 bits per heavy atom. The number of halogens is 1. The van der Waals surface area contributed by atoms with Gasteiger partial charge in [0.2, 0.25) is 0 Å². The first-order valence-electron chi connectivity index (χ1n) is 4.77. The second kappa shape index (κ2) is 4.34. The number of hydrogen-bond donors (Lipinski definition) is 1. The fourth-order valence-electron chi connectivity index (χ4n) is 1.68. The van der Waals surface area contributed by atoms with Crippen LogP contribution in [0.5, 0.6) is 0 Å². The molecule has 1 aliphatic rings. The number of aliphatic hydroxyl groups excluding tert-OH is 1. The monoisotopic (exact) mass is 287 g/mol. The summed E-state index contributed by atoms with van der Waals surface area (Å²) in [5.41, 5.74) is 0.504. The predicted molar refractivity (Wildman–Crippen MR) is 61.4 cm³/mol. The first-order valence-corrected chi connectivity index (χ1v) is 5.57. The molecule has 1 saturated heterocycles. The molecular weight excluding hydrogens is 278 g/mol. The van der Waals surface area contributed by atoms with Gasteiger partial charge in [0.25, 0.3) is 0 Å². The van der Waals surface area contributed by atoms with Crippen molar-refractivity contribution in [2.45, 2.75) is 0 Å². The van der Waals surface area contributed by atoms with E-state index in [4.69, 9.17) is 5.11 Å².